The van der Waals surface area contributed by atoms with Crippen molar-refractivity contribution in [3.63, 3.8) is 0 Å². The first kappa shape index (κ1) is 19.3. The first-order valence-electron chi connectivity index (χ1n) is 10.5. The minimum absolute atomic E-state index is 0.129. The van der Waals surface area contributed by atoms with Crippen molar-refractivity contribution in [3.8, 4) is 17.4 Å². The van der Waals surface area contributed by atoms with Crippen LogP contribution < -0.4 is 31.3 Å². The molecule has 12 nitrogen and oxygen atoms in total. The summed E-state index contributed by atoms with van der Waals surface area (Å²) in [5.74, 6) is 1.55. The monoisotopic (exact) mass is 448 g/mol. The number of nitrogens with one attached hydrogen (secondary N) is 3. The van der Waals surface area contributed by atoms with Gasteiger partial charge < -0.3 is 24.9 Å². The van der Waals surface area contributed by atoms with E-state index in [0.29, 0.717) is 28.2 Å². The highest BCUT2D eigenvalue weighted by molar-refractivity contribution is 5.57. The van der Waals surface area contributed by atoms with E-state index in [2.05, 4.69) is 35.3 Å². The van der Waals surface area contributed by atoms with Crippen LogP contribution in [0.2, 0.25) is 0 Å². The Hall–Kier alpha value is -4.35. The van der Waals surface area contributed by atoms with Gasteiger partial charge in [0.1, 0.15) is 5.69 Å². The number of anilines is 1. The maximum absolute atomic E-state index is 11.5. The van der Waals surface area contributed by atoms with Gasteiger partial charge in [0.15, 0.2) is 17.1 Å². The number of H-pyrrole nitrogens is 2. The zero-order valence-corrected chi connectivity index (χ0v) is 17.6. The van der Waals surface area contributed by atoms with Crippen molar-refractivity contribution in [2.24, 2.45) is 4.99 Å². The molecular formula is C21H20N8O4. The van der Waals surface area contributed by atoms with Crippen LogP contribution in [0, 0.1) is 0 Å². The summed E-state index contributed by atoms with van der Waals surface area (Å²) in [4.78, 5) is 30.2. The first-order valence-corrected chi connectivity index (χ1v) is 10.5. The van der Waals surface area contributed by atoms with Crippen LogP contribution in [0.15, 0.2) is 34.2 Å². The van der Waals surface area contributed by atoms with Crippen LogP contribution in [0.4, 0.5) is 5.95 Å². The lowest BCUT2D eigenvalue weighted by atomic mass is 10.1. The van der Waals surface area contributed by atoms with E-state index in [1.807, 2.05) is 25.1 Å². The molecule has 12 heteroatoms. The van der Waals surface area contributed by atoms with Crippen molar-refractivity contribution in [2.45, 2.75) is 31.8 Å². The Labute approximate surface area is 185 Å². The molecule has 0 saturated heterocycles. The van der Waals surface area contributed by atoms with Gasteiger partial charge in [-0.2, -0.15) is 19.6 Å². The van der Waals surface area contributed by atoms with E-state index in [1.54, 1.807) is 16.8 Å². The van der Waals surface area contributed by atoms with E-state index in [1.165, 1.54) is 0 Å². The summed E-state index contributed by atoms with van der Waals surface area (Å²) < 4.78 is 12.4. The SMILES string of the molecule is CC(Nc1nc(=NC2CC2)n2nc/c(=C\c3[nH]c(=O)[nH]c3O)c2n1)c1ccc2c(c1)OCO2. The van der Waals surface area contributed by atoms with Crippen molar-refractivity contribution in [1.82, 2.24) is 29.5 Å². The molecule has 0 bridgehead atoms. The predicted molar refractivity (Wildman–Crippen MR) is 116 cm³/mol. The summed E-state index contributed by atoms with van der Waals surface area (Å²) in [5, 5.41) is 18.2. The average Bonchev–Trinajstić information content (AvgIpc) is 3.18. The largest absolute Gasteiger partial charge is 0.493 e. The van der Waals surface area contributed by atoms with Crippen molar-refractivity contribution in [1.29, 1.82) is 0 Å². The van der Waals surface area contributed by atoms with Crippen LogP contribution in [0.3, 0.4) is 0 Å². The molecule has 0 radical (unpaired) electrons. The van der Waals surface area contributed by atoms with Gasteiger partial charge in [0, 0.05) is 5.22 Å². The van der Waals surface area contributed by atoms with Gasteiger partial charge in [0.05, 0.1) is 18.3 Å². The van der Waals surface area contributed by atoms with Crippen LogP contribution in [0.1, 0.15) is 37.1 Å². The molecule has 1 aliphatic carbocycles. The van der Waals surface area contributed by atoms with Crippen LogP contribution in [0.5, 0.6) is 17.4 Å². The highest BCUT2D eigenvalue weighted by Gasteiger charge is 2.21. The van der Waals surface area contributed by atoms with Gasteiger partial charge in [-0.05, 0) is 43.5 Å². The Balaban J connectivity index is 1.42. The zero-order chi connectivity index (χ0) is 22.5. The van der Waals surface area contributed by atoms with Gasteiger partial charge >= 0.3 is 5.69 Å². The quantitative estimate of drug-likeness (QED) is 0.341. The Morgan fingerprint density at radius 1 is 1.27 bits per heavy atom. The van der Waals surface area contributed by atoms with Gasteiger partial charge in [0.2, 0.25) is 18.6 Å². The maximum atomic E-state index is 11.5. The molecule has 1 aromatic carbocycles. The molecule has 3 aromatic heterocycles. The van der Waals surface area contributed by atoms with E-state index in [-0.39, 0.29) is 30.5 Å². The number of fused-ring (bicyclic) bond motifs is 2. The summed E-state index contributed by atoms with van der Waals surface area (Å²) in [6.45, 7) is 2.21. The lowest BCUT2D eigenvalue weighted by Gasteiger charge is -2.14. The average molecular weight is 448 g/mol. The minimum atomic E-state index is -0.505. The molecule has 4 aromatic rings. The second-order valence-electron chi connectivity index (χ2n) is 8.01. The van der Waals surface area contributed by atoms with Gasteiger partial charge in [-0.3, -0.25) is 4.98 Å². The number of ether oxygens (including phenoxy) is 2. The number of aromatic nitrogens is 6. The summed E-state index contributed by atoms with van der Waals surface area (Å²) >= 11 is 0. The van der Waals surface area contributed by atoms with Gasteiger partial charge in [-0.25, -0.2) is 9.79 Å². The molecule has 0 amide bonds. The molecule has 1 unspecified atom stereocenters. The number of aromatic amines is 2. The topological polar surface area (TPSA) is 155 Å². The molecular weight excluding hydrogens is 428 g/mol. The third kappa shape index (κ3) is 3.64. The van der Waals surface area contributed by atoms with Crippen LogP contribution in [0.25, 0.3) is 11.7 Å². The fourth-order valence-electron chi connectivity index (χ4n) is 3.60. The van der Waals surface area contributed by atoms with Crippen molar-refractivity contribution < 1.29 is 14.6 Å². The molecule has 4 N–H and O–H groups in total. The van der Waals surface area contributed by atoms with E-state index < -0.39 is 5.69 Å². The second-order valence-corrected chi connectivity index (χ2v) is 8.01. The Kier molecular flexibility index (Phi) is 4.31. The summed E-state index contributed by atoms with van der Waals surface area (Å²) in [6, 6.07) is 5.86. The molecule has 4 heterocycles. The van der Waals surface area contributed by atoms with E-state index in [9.17, 15) is 9.90 Å². The van der Waals surface area contributed by atoms with Gasteiger partial charge in [0.25, 0.3) is 5.62 Å². The van der Waals surface area contributed by atoms with E-state index >= 15 is 0 Å². The number of benzene rings is 1. The Morgan fingerprint density at radius 2 is 2.12 bits per heavy atom. The number of rotatable bonds is 5. The number of nitrogens with zero attached hydrogens (tertiary/aromatic N) is 5. The molecule has 0 spiro atoms. The summed E-state index contributed by atoms with van der Waals surface area (Å²) in [6.07, 6.45) is 5.21. The fraction of sp³-hybridized carbons (Fsp3) is 0.286. The minimum Gasteiger partial charge on any atom is -0.493 e. The summed E-state index contributed by atoms with van der Waals surface area (Å²) in [5.41, 5.74) is 1.64. The number of hydrogen-bond donors (Lipinski definition) is 4. The molecule has 1 fully saturated rings. The van der Waals surface area contributed by atoms with Crippen LogP contribution in [-0.4, -0.2) is 47.5 Å². The third-order valence-corrected chi connectivity index (χ3v) is 5.50. The lowest BCUT2D eigenvalue weighted by Crippen LogP contribution is -2.25. The lowest BCUT2D eigenvalue weighted by molar-refractivity contribution is 0.174. The molecule has 2 aliphatic rings. The number of imidazole rings is 1. The Bertz CT molecular complexity index is 1550. The number of aromatic hydroxyl groups is 1. The number of hydrogen-bond acceptors (Lipinski definition) is 9. The van der Waals surface area contributed by atoms with Crippen molar-refractivity contribution in [3.05, 3.63) is 57.0 Å². The van der Waals surface area contributed by atoms with E-state index in [0.717, 1.165) is 24.2 Å². The standard InChI is InChI=1S/C21H20N8O4/c1-10(11-2-5-15-16(7-11)33-9-32-15)23-19-26-17-12(6-14-18(30)27-21(31)25-14)8-22-29(17)20(28-19)24-13-3-4-13/h2,5-8,10,13,30H,3-4,9H2,1H3,(H,23,24,28)(H2,25,27,31)/b12-6+. The third-order valence-electron chi connectivity index (χ3n) is 5.50. The summed E-state index contributed by atoms with van der Waals surface area (Å²) in [7, 11) is 0. The normalized spacial score (nSPS) is 17.1. The van der Waals surface area contributed by atoms with Gasteiger partial charge in [-0.1, -0.05) is 6.07 Å². The molecule has 33 heavy (non-hydrogen) atoms. The molecule has 168 valence electrons. The highest BCUT2D eigenvalue weighted by atomic mass is 16.7. The smallest absolute Gasteiger partial charge is 0.326 e. The predicted octanol–water partition coefficient (Wildman–Crippen LogP) is 0.359. The van der Waals surface area contributed by atoms with Crippen LogP contribution in [-0.2, 0) is 0 Å². The molecule has 6 rings (SSSR count). The van der Waals surface area contributed by atoms with E-state index in [4.69, 9.17) is 9.47 Å². The molecule has 1 aliphatic heterocycles. The van der Waals surface area contributed by atoms with Crippen molar-refractivity contribution >= 4 is 17.7 Å². The first-order chi connectivity index (χ1) is 16.0. The maximum Gasteiger partial charge on any atom is 0.326 e. The van der Waals surface area contributed by atoms with Crippen molar-refractivity contribution in [2.75, 3.05) is 12.1 Å². The zero-order valence-electron chi connectivity index (χ0n) is 17.6. The van der Waals surface area contributed by atoms with Crippen LogP contribution >= 0.6 is 0 Å². The molecule has 1 saturated carbocycles. The van der Waals surface area contributed by atoms with Gasteiger partial charge in [-0.15, -0.1) is 0 Å². The highest BCUT2D eigenvalue weighted by Crippen LogP contribution is 2.34. The fourth-order valence-corrected chi connectivity index (χ4v) is 3.60. The molecule has 1 atom stereocenters. The Morgan fingerprint density at radius 3 is 2.91 bits per heavy atom. The second kappa shape index (κ2) is 7.36.